The minimum Gasteiger partial charge on any atom is -0.478 e. The van der Waals surface area contributed by atoms with Gasteiger partial charge in [0.25, 0.3) is 10.0 Å². The summed E-state index contributed by atoms with van der Waals surface area (Å²) < 4.78 is 59.1. The van der Waals surface area contributed by atoms with Gasteiger partial charge in [-0.25, -0.2) is 23.0 Å². The summed E-state index contributed by atoms with van der Waals surface area (Å²) in [7, 11) is -2.09. The first-order valence-electron chi connectivity index (χ1n) is 8.71. The van der Waals surface area contributed by atoms with E-state index >= 15 is 0 Å². The summed E-state index contributed by atoms with van der Waals surface area (Å²) in [5.41, 5.74) is 0.0116. The normalized spacial score (nSPS) is 11.3. The number of aromatic carboxylic acids is 1. The van der Waals surface area contributed by atoms with Gasteiger partial charge in [-0.3, -0.25) is 4.72 Å². The van der Waals surface area contributed by atoms with Gasteiger partial charge in [0, 0.05) is 13.6 Å². The summed E-state index contributed by atoms with van der Waals surface area (Å²) in [6.45, 7) is 2.69. The number of nitrogens with one attached hydrogen (secondary N) is 1. The summed E-state index contributed by atoms with van der Waals surface area (Å²) in [5, 5.41) is 16.5. The second kappa shape index (κ2) is 11.3. The third kappa shape index (κ3) is 8.16. The molecule has 3 N–H and O–H groups in total. The number of thiophene rings is 1. The van der Waals surface area contributed by atoms with Crippen molar-refractivity contribution in [1.82, 2.24) is 4.98 Å². The fourth-order valence-corrected chi connectivity index (χ4v) is 4.64. The molecule has 0 aromatic carbocycles. The third-order valence-corrected chi connectivity index (χ3v) is 6.72. The van der Waals surface area contributed by atoms with Crippen molar-refractivity contribution in [2.24, 2.45) is 0 Å². The number of carboxylic acids is 2. The molecule has 0 spiro atoms. The van der Waals surface area contributed by atoms with Gasteiger partial charge in [-0.05, 0) is 24.6 Å². The number of aromatic nitrogens is 1. The molecule has 0 aliphatic rings. The number of aliphatic carboxylic acids is 1. The van der Waals surface area contributed by atoms with Crippen LogP contribution < -0.4 is 9.62 Å². The van der Waals surface area contributed by atoms with E-state index in [1.165, 1.54) is 24.4 Å². The van der Waals surface area contributed by atoms with E-state index in [0.29, 0.717) is 16.7 Å². The number of alkyl halides is 3. The first kappa shape index (κ1) is 27.5. The van der Waals surface area contributed by atoms with E-state index in [2.05, 4.69) is 9.71 Å². The quantitative estimate of drug-likeness (QED) is 0.474. The Morgan fingerprint density at radius 2 is 1.88 bits per heavy atom. The highest BCUT2D eigenvalue weighted by molar-refractivity contribution is 7.94. The van der Waals surface area contributed by atoms with Crippen molar-refractivity contribution in [2.45, 2.75) is 30.2 Å². The molecule has 0 saturated carbocycles. The number of sulfonamides is 1. The fourth-order valence-electron chi connectivity index (χ4n) is 2.12. The summed E-state index contributed by atoms with van der Waals surface area (Å²) in [6.07, 6.45) is -1.92. The van der Waals surface area contributed by atoms with Crippen molar-refractivity contribution in [2.75, 3.05) is 23.2 Å². The van der Waals surface area contributed by atoms with Gasteiger partial charge in [0.05, 0.1) is 16.2 Å². The third-order valence-electron chi connectivity index (χ3n) is 3.61. The van der Waals surface area contributed by atoms with Gasteiger partial charge in [-0.2, -0.15) is 13.2 Å². The van der Waals surface area contributed by atoms with Gasteiger partial charge in [0.1, 0.15) is 15.6 Å². The number of hydrogen-bond acceptors (Lipinski definition) is 7. The molecule has 0 unspecified atom stereocenters. The van der Waals surface area contributed by atoms with Crippen LogP contribution in [0.5, 0.6) is 0 Å². The lowest BCUT2D eigenvalue weighted by atomic mass is 10.2. The van der Waals surface area contributed by atoms with Gasteiger partial charge in [0.15, 0.2) is 0 Å². The SMILES string of the molecule is CCCCN(C)c1ncc(NS(=O)(=O)c2ccc(Cl)s2)cc1C(=O)O.O=C(O)C(F)(F)F. The fraction of sp³-hybridized carbons (Fsp3) is 0.353. The zero-order chi connectivity index (χ0) is 24.7. The Morgan fingerprint density at radius 3 is 2.31 bits per heavy atom. The average Bonchev–Trinajstić information content (AvgIpc) is 3.13. The molecule has 0 atom stereocenters. The molecule has 32 heavy (non-hydrogen) atoms. The zero-order valence-electron chi connectivity index (χ0n) is 16.7. The molecule has 178 valence electrons. The lowest BCUT2D eigenvalue weighted by Crippen LogP contribution is -2.23. The Balaban J connectivity index is 0.000000633. The molecule has 0 fully saturated rings. The van der Waals surface area contributed by atoms with Crippen LogP contribution in [0.2, 0.25) is 4.34 Å². The van der Waals surface area contributed by atoms with Gasteiger partial charge < -0.3 is 15.1 Å². The van der Waals surface area contributed by atoms with Crippen molar-refractivity contribution in [3.63, 3.8) is 0 Å². The molecule has 15 heteroatoms. The van der Waals surface area contributed by atoms with Crippen LogP contribution in [0.4, 0.5) is 24.7 Å². The zero-order valence-corrected chi connectivity index (χ0v) is 19.1. The van der Waals surface area contributed by atoms with Crippen LogP contribution in [0.1, 0.15) is 30.1 Å². The van der Waals surface area contributed by atoms with Crippen LogP contribution in [-0.2, 0) is 14.8 Å². The lowest BCUT2D eigenvalue weighted by molar-refractivity contribution is -0.192. The van der Waals surface area contributed by atoms with Gasteiger partial charge in [-0.1, -0.05) is 24.9 Å². The maximum atomic E-state index is 12.3. The van der Waals surface area contributed by atoms with Gasteiger partial charge in [-0.15, -0.1) is 11.3 Å². The van der Waals surface area contributed by atoms with E-state index in [-0.39, 0.29) is 15.5 Å². The Bertz CT molecular complexity index is 1060. The summed E-state index contributed by atoms with van der Waals surface area (Å²) in [5.74, 6) is -3.64. The van der Waals surface area contributed by atoms with Gasteiger partial charge >= 0.3 is 18.1 Å². The van der Waals surface area contributed by atoms with Gasteiger partial charge in [0.2, 0.25) is 0 Å². The van der Waals surface area contributed by atoms with E-state index in [9.17, 15) is 31.5 Å². The Morgan fingerprint density at radius 1 is 1.28 bits per heavy atom. The maximum Gasteiger partial charge on any atom is 0.490 e. The van der Waals surface area contributed by atoms with Crippen LogP contribution in [-0.4, -0.2) is 55.3 Å². The molecule has 2 aromatic heterocycles. The average molecular weight is 518 g/mol. The van der Waals surface area contributed by atoms with Crippen molar-refractivity contribution in [3.05, 3.63) is 34.3 Å². The number of pyridine rings is 1. The minimum atomic E-state index is -5.08. The van der Waals surface area contributed by atoms with Crippen molar-refractivity contribution < 1.29 is 41.4 Å². The second-order valence-corrected chi connectivity index (χ2v) is 9.77. The highest BCUT2D eigenvalue weighted by Crippen LogP contribution is 2.28. The number of unbranched alkanes of at least 4 members (excludes halogenated alkanes) is 1. The van der Waals surface area contributed by atoms with E-state index in [1.54, 1.807) is 11.9 Å². The molecule has 0 bridgehead atoms. The largest absolute Gasteiger partial charge is 0.490 e. The molecular weight excluding hydrogens is 499 g/mol. The highest BCUT2D eigenvalue weighted by Gasteiger charge is 2.38. The maximum absolute atomic E-state index is 12.3. The number of hydrogen-bond donors (Lipinski definition) is 3. The van der Waals surface area contributed by atoms with Crippen LogP contribution in [0.25, 0.3) is 0 Å². The molecule has 0 radical (unpaired) electrons. The monoisotopic (exact) mass is 517 g/mol. The standard InChI is InChI=1S/C15H18ClN3O4S2.C2HF3O2/c1-3-4-7-19(2)14-11(15(20)21)8-10(9-17-14)18-25(22,23)13-6-5-12(16)24-13;3-2(4,5)1(6)7/h5-6,8-9,18H,3-4,7H2,1-2H3,(H,20,21);(H,6,7). The first-order valence-corrected chi connectivity index (χ1v) is 11.4. The molecule has 0 aliphatic heterocycles. The van der Waals surface area contributed by atoms with E-state index in [4.69, 9.17) is 21.5 Å². The first-order chi connectivity index (χ1) is 14.7. The molecule has 2 rings (SSSR count). The van der Waals surface area contributed by atoms with E-state index in [1.807, 2.05) is 6.92 Å². The highest BCUT2D eigenvalue weighted by atomic mass is 35.5. The Labute approximate surface area is 190 Å². The summed E-state index contributed by atoms with van der Waals surface area (Å²) in [6, 6.07) is 4.13. The molecule has 0 amide bonds. The van der Waals surface area contributed by atoms with E-state index in [0.717, 1.165) is 24.2 Å². The Kier molecular flexibility index (Phi) is 9.72. The predicted octanol–water partition coefficient (Wildman–Crippen LogP) is 4.17. The number of nitrogens with zero attached hydrogens (tertiary/aromatic N) is 2. The lowest BCUT2D eigenvalue weighted by Gasteiger charge is -2.20. The molecule has 9 nitrogen and oxygen atoms in total. The van der Waals surface area contributed by atoms with Crippen molar-refractivity contribution >= 4 is 56.4 Å². The number of halogens is 4. The second-order valence-electron chi connectivity index (χ2n) is 6.14. The molecule has 2 aromatic rings. The minimum absolute atomic E-state index is 0.0403. The van der Waals surface area contributed by atoms with Crippen molar-refractivity contribution in [1.29, 1.82) is 0 Å². The predicted molar refractivity (Wildman–Crippen MR) is 113 cm³/mol. The molecular formula is C17H19ClF3N3O6S2. The summed E-state index contributed by atoms with van der Waals surface area (Å²) >= 11 is 6.68. The number of rotatable bonds is 8. The molecule has 0 saturated heterocycles. The summed E-state index contributed by atoms with van der Waals surface area (Å²) in [4.78, 5) is 26.3. The number of carbonyl (C=O) groups is 2. The smallest absolute Gasteiger partial charge is 0.478 e. The topological polar surface area (TPSA) is 137 Å². The number of anilines is 2. The Hall–Kier alpha value is -2.58. The van der Waals surface area contributed by atoms with Crippen LogP contribution in [0.15, 0.2) is 28.6 Å². The van der Waals surface area contributed by atoms with Crippen molar-refractivity contribution in [3.8, 4) is 0 Å². The van der Waals surface area contributed by atoms with Crippen LogP contribution >= 0.6 is 22.9 Å². The number of carboxylic acid groups (broad SMARTS) is 2. The van der Waals surface area contributed by atoms with Crippen LogP contribution in [0, 0.1) is 0 Å². The van der Waals surface area contributed by atoms with E-state index < -0.39 is 28.1 Å². The molecule has 0 aliphatic carbocycles. The molecule has 2 heterocycles. The van der Waals surface area contributed by atoms with Crippen LogP contribution in [0.3, 0.4) is 0 Å².